The molecule has 0 aromatic carbocycles. The van der Waals surface area contributed by atoms with Crippen LogP contribution in [0.4, 0.5) is 8.78 Å². The van der Waals surface area contributed by atoms with Gasteiger partial charge in [0.2, 0.25) is 0 Å². The second kappa shape index (κ2) is 8.29. The Bertz CT molecular complexity index is 544. The third-order valence-corrected chi connectivity index (χ3v) is 4.95. The lowest BCUT2D eigenvalue weighted by molar-refractivity contribution is -0.365. The first-order chi connectivity index (χ1) is 11.4. The maximum Gasteiger partial charge on any atom is 0.428 e. The summed E-state index contributed by atoms with van der Waals surface area (Å²) < 4.78 is 65.0. The van der Waals surface area contributed by atoms with Gasteiger partial charge in [0.1, 0.15) is 12.4 Å². The van der Waals surface area contributed by atoms with Gasteiger partial charge in [-0.1, -0.05) is 19.3 Å². The van der Waals surface area contributed by atoms with Gasteiger partial charge in [-0.2, -0.15) is 17.2 Å². The van der Waals surface area contributed by atoms with Crippen molar-refractivity contribution in [3.63, 3.8) is 0 Å². The van der Waals surface area contributed by atoms with Gasteiger partial charge in [0.05, 0.1) is 19.8 Å². The molecule has 1 saturated carbocycles. The third kappa shape index (κ3) is 5.61. The highest BCUT2D eigenvalue weighted by Gasteiger charge is 2.63. The Balaban J connectivity index is 2.46. The van der Waals surface area contributed by atoms with Crippen molar-refractivity contribution in [2.24, 2.45) is 5.41 Å². The summed E-state index contributed by atoms with van der Waals surface area (Å²) in [5, 5.41) is 22.2. The number of alkyl halides is 2. The van der Waals surface area contributed by atoms with Crippen LogP contribution >= 0.6 is 0 Å². The smallest absolute Gasteiger partial charge is 0.388 e. The van der Waals surface area contributed by atoms with Gasteiger partial charge in [-0.05, 0) is 12.8 Å². The normalized spacial score (nSPS) is 20.2. The number of hydrogen-bond acceptors (Lipinski definition) is 8. The highest BCUT2D eigenvalue weighted by molar-refractivity contribution is 7.86. The predicted octanol–water partition coefficient (Wildman–Crippen LogP) is -0.351. The molecule has 0 heterocycles. The summed E-state index contributed by atoms with van der Waals surface area (Å²) in [6.07, 6.45) is -2.04. The van der Waals surface area contributed by atoms with E-state index in [0.717, 1.165) is 25.5 Å². The molecule has 0 amide bonds. The van der Waals surface area contributed by atoms with Crippen molar-refractivity contribution in [3.8, 4) is 0 Å². The van der Waals surface area contributed by atoms with Crippen molar-refractivity contribution >= 4 is 16.4 Å². The van der Waals surface area contributed by atoms with E-state index >= 15 is 0 Å². The van der Waals surface area contributed by atoms with E-state index in [1.165, 1.54) is 0 Å². The number of hydrogen-bond donors (Lipinski definition) is 4. The van der Waals surface area contributed by atoms with Crippen molar-refractivity contribution in [2.75, 3.05) is 19.8 Å². The molecule has 12 heteroatoms. The Morgan fingerprint density at radius 2 is 1.72 bits per heavy atom. The van der Waals surface area contributed by atoms with Gasteiger partial charge in [0.15, 0.2) is 0 Å². The maximum absolute atomic E-state index is 13.3. The fourth-order valence-corrected chi connectivity index (χ4v) is 2.80. The zero-order valence-corrected chi connectivity index (χ0v) is 14.1. The van der Waals surface area contributed by atoms with Crippen molar-refractivity contribution < 1.29 is 51.3 Å². The number of aliphatic hydroxyl groups excluding tert-OH is 1. The second-order valence-electron chi connectivity index (χ2n) is 6.12. The van der Waals surface area contributed by atoms with Crippen LogP contribution in [-0.2, 0) is 24.4 Å². The molecule has 0 aliphatic heterocycles. The van der Waals surface area contributed by atoms with E-state index in [4.69, 9.17) is 19.5 Å². The van der Waals surface area contributed by atoms with Crippen LogP contribution < -0.4 is 0 Å². The van der Waals surface area contributed by atoms with E-state index in [0.29, 0.717) is 12.8 Å². The molecule has 0 spiro atoms. The minimum Gasteiger partial charge on any atom is -0.388 e. The van der Waals surface area contributed by atoms with Crippen LogP contribution in [0.1, 0.15) is 32.1 Å². The van der Waals surface area contributed by atoms with Crippen LogP contribution in [0, 0.1) is 5.41 Å². The molecule has 0 aromatic heterocycles. The van der Waals surface area contributed by atoms with Crippen molar-refractivity contribution in [1.82, 2.24) is 0 Å². The molecule has 1 rings (SSSR count). The average Bonchev–Trinajstić information content (AvgIpc) is 2.52. The average molecular weight is 392 g/mol. The molecule has 9 nitrogen and oxygen atoms in total. The number of carbonyl (C=O) groups is 1. The van der Waals surface area contributed by atoms with Gasteiger partial charge >= 0.3 is 21.3 Å². The lowest BCUT2D eigenvalue weighted by atomic mass is 9.76. The number of rotatable bonds is 10. The number of halogens is 2. The molecule has 0 saturated heterocycles. The van der Waals surface area contributed by atoms with Gasteiger partial charge in [0, 0.05) is 5.41 Å². The van der Waals surface area contributed by atoms with Crippen LogP contribution in [0.25, 0.3) is 0 Å². The standard InChI is InChI=1S/C13H22F2O9S/c14-12(15,13(18,19)25(20,21)22)24-7-10(17)6-23-9-11(8-16)4-2-1-3-5-11/h8,10,17-19H,1-7,9H2,(H,20,21,22). The highest BCUT2D eigenvalue weighted by atomic mass is 32.2. The van der Waals surface area contributed by atoms with Crippen LogP contribution in [0.15, 0.2) is 0 Å². The molecular weight excluding hydrogens is 370 g/mol. The molecule has 0 radical (unpaired) electrons. The Kier molecular flexibility index (Phi) is 7.39. The maximum atomic E-state index is 13.3. The second-order valence-corrected chi connectivity index (χ2v) is 7.64. The van der Waals surface area contributed by atoms with Gasteiger partial charge in [-0.25, -0.2) is 0 Å². The summed E-state index contributed by atoms with van der Waals surface area (Å²) in [7, 11) is -5.97. The van der Waals surface area contributed by atoms with Crippen LogP contribution in [0.3, 0.4) is 0 Å². The first-order valence-corrected chi connectivity index (χ1v) is 8.97. The molecule has 1 fully saturated rings. The van der Waals surface area contributed by atoms with Gasteiger partial charge in [0.25, 0.3) is 0 Å². The minimum absolute atomic E-state index is 0.0150. The molecule has 4 N–H and O–H groups in total. The molecule has 1 aliphatic carbocycles. The Labute approximate surface area is 143 Å². The van der Waals surface area contributed by atoms with E-state index in [2.05, 4.69) is 4.74 Å². The number of aliphatic hydroxyl groups is 3. The molecule has 1 unspecified atom stereocenters. The highest BCUT2D eigenvalue weighted by Crippen LogP contribution is 2.35. The Hall–Kier alpha value is -0.760. The molecular formula is C13H22F2O9S. The van der Waals surface area contributed by atoms with Crippen molar-refractivity contribution in [1.29, 1.82) is 0 Å². The summed E-state index contributed by atoms with van der Waals surface area (Å²) in [6.45, 7) is -1.72. The van der Waals surface area contributed by atoms with Gasteiger partial charge in [-0.15, -0.1) is 0 Å². The van der Waals surface area contributed by atoms with E-state index < -0.39 is 46.1 Å². The van der Waals surface area contributed by atoms with Crippen molar-refractivity contribution in [3.05, 3.63) is 0 Å². The monoisotopic (exact) mass is 392 g/mol. The molecule has 0 bridgehead atoms. The molecule has 0 aromatic rings. The summed E-state index contributed by atoms with van der Waals surface area (Å²) in [5.41, 5.74) is -0.681. The predicted molar refractivity (Wildman–Crippen MR) is 78.0 cm³/mol. The first-order valence-electron chi connectivity index (χ1n) is 7.53. The quantitative estimate of drug-likeness (QED) is 0.222. The van der Waals surface area contributed by atoms with E-state index in [9.17, 15) is 27.1 Å². The van der Waals surface area contributed by atoms with Gasteiger partial charge in [-0.3, -0.25) is 4.55 Å². The number of ether oxygens (including phenoxy) is 2. The Morgan fingerprint density at radius 3 is 2.20 bits per heavy atom. The van der Waals surface area contributed by atoms with Crippen LogP contribution in [-0.4, -0.2) is 71.7 Å². The summed E-state index contributed by atoms with van der Waals surface area (Å²) in [4.78, 5) is 11.2. The van der Waals surface area contributed by atoms with Gasteiger partial charge < -0.3 is 29.6 Å². The molecule has 1 aliphatic rings. The fraction of sp³-hybridized carbons (Fsp3) is 0.923. The van der Waals surface area contributed by atoms with Crippen molar-refractivity contribution in [2.45, 2.75) is 49.4 Å². The molecule has 25 heavy (non-hydrogen) atoms. The number of aldehydes is 1. The molecule has 148 valence electrons. The summed E-state index contributed by atoms with van der Waals surface area (Å²) in [5.74, 6) is 0. The van der Waals surface area contributed by atoms with E-state index in [1.54, 1.807) is 0 Å². The fourth-order valence-electron chi connectivity index (χ4n) is 2.44. The van der Waals surface area contributed by atoms with E-state index in [-0.39, 0.29) is 6.61 Å². The largest absolute Gasteiger partial charge is 0.428 e. The first kappa shape index (κ1) is 22.3. The lowest BCUT2D eigenvalue weighted by Gasteiger charge is -2.32. The minimum atomic E-state index is -5.97. The Morgan fingerprint density at radius 1 is 1.16 bits per heavy atom. The van der Waals surface area contributed by atoms with Crippen LogP contribution in [0.5, 0.6) is 0 Å². The zero-order chi connectivity index (χ0) is 19.4. The summed E-state index contributed by atoms with van der Waals surface area (Å²) >= 11 is 0. The number of carbonyl (C=O) groups excluding carboxylic acids is 1. The zero-order valence-electron chi connectivity index (χ0n) is 13.3. The lowest BCUT2D eigenvalue weighted by Crippen LogP contribution is -2.56. The third-order valence-electron chi connectivity index (χ3n) is 3.99. The van der Waals surface area contributed by atoms with E-state index in [1.807, 2.05) is 0 Å². The summed E-state index contributed by atoms with van der Waals surface area (Å²) in [6, 6.07) is 0. The van der Waals surface area contributed by atoms with Crippen LogP contribution in [0.2, 0.25) is 0 Å². The SMILES string of the molecule is O=CC1(COCC(O)COC(F)(F)C(O)(O)S(=O)(=O)O)CCCCC1. The molecule has 1 atom stereocenters. The topological polar surface area (TPSA) is 151 Å².